The van der Waals surface area contributed by atoms with Crippen LogP contribution in [0, 0.1) is 11.8 Å². The summed E-state index contributed by atoms with van der Waals surface area (Å²) in [5.74, 6) is 6.06. The number of nitrogens with zero attached hydrogens (tertiary/aromatic N) is 3. The van der Waals surface area contributed by atoms with Gasteiger partial charge in [0.25, 0.3) is 5.91 Å². The molecule has 0 radical (unpaired) electrons. The molecular formula is C32H37F4N5O3. The van der Waals surface area contributed by atoms with Crippen LogP contribution >= 0.6 is 0 Å². The number of rotatable bonds is 7. The van der Waals surface area contributed by atoms with Crippen LogP contribution in [0.15, 0.2) is 42.5 Å². The van der Waals surface area contributed by atoms with E-state index < -0.39 is 24.9 Å². The van der Waals surface area contributed by atoms with Crippen molar-refractivity contribution >= 4 is 28.2 Å². The standard InChI is InChI=1S/C32H37F4N5O3/c1-39-14-12-27(25(33)19-39)38-26-6-3-7-29-24(26)18-22(41(29)20-32(34,35)36)5-4-13-37-28-9-8-21(17-30(28)44-2)31(43)40-15-10-23(42)11-16-40/h3,6-9,17-18,23,25,27,37-38,42H,10-16,19-20H2,1-2H3/t25-,27+/m0/s1. The molecule has 5 rings (SSSR count). The van der Waals surface area contributed by atoms with E-state index in [1.807, 2.05) is 11.9 Å². The Balaban J connectivity index is 1.33. The van der Waals surface area contributed by atoms with Gasteiger partial charge in [0.2, 0.25) is 0 Å². The molecule has 44 heavy (non-hydrogen) atoms. The Morgan fingerprint density at radius 3 is 2.57 bits per heavy atom. The number of ether oxygens (including phenoxy) is 1. The lowest BCUT2D eigenvalue weighted by molar-refractivity contribution is -0.140. The van der Waals surface area contributed by atoms with E-state index >= 15 is 0 Å². The maximum atomic E-state index is 14.7. The van der Waals surface area contributed by atoms with Crippen molar-refractivity contribution in [1.82, 2.24) is 14.4 Å². The first kappa shape index (κ1) is 31.5. The Morgan fingerprint density at radius 1 is 1.09 bits per heavy atom. The molecule has 0 aliphatic carbocycles. The fraction of sp³-hybridized carbons (Fsp3) is 0.469. The number of piperidine rings is 2. The molecule has 236 valence electrons. The van der Waals surface area contributed by atoms with Crippen LogP contribution in [0.3, 0.4) is 0 Å². The fourth-order valence-electron chi connectivity index (χ4n) is 5.78. The second kappa shape index (κ2) is 13.4. The van der Waals surface area contributed by atoms with Crippen LogP contribution in [-0.2, 0) is 6.54 Å². The van der Waals surface area contributed by atoms with Crippen LogP contribution in [0.25, 0.3) is 10.9 Å². The SMILES string of the molecule is COc1cc(C(=O)N2CCC(O)CC2)ccc1NCC#Cc1cc2c(N[C@@H]3CCN(C)C[C@@H]3F)cccc2n1CC(F)(F)F. The second-order valence-corrected chi connectivity index (χ2v) is 11.4. The molecule has 2 aliphatic rings. The van der Waals surface area contributed by atoms with Gasteiger partial charge in [-0.2, -0.15) is 13.2 Å². The summed E-state index contributed by atoms with van der Waals surface area (Å²) in [6, 6.07) is 11.2. The smallest absolute Gasteiger partial charge is 0.406 e. The summed E-state index contributed by atoms with van der Waals surface area (Å²) < 4.78 is 62.1. The number of benzene rings is 2. The van der Waals surface area contributed by atoms with Gasteiger partial charge in [0.05, 0.1) is 42.7 Å². The van der Waals surface area contributed by atoms with Crippen molar-refractivity contribution in [2.45, 2.75) is 50.3 Å². The molecule has 2 fully saturated rings. The predicted molar refractivity (Wildman–Crippen MR) is 162 cm³/mol. The first-order chi connectivity index (χ1) is 21.0. The molecule has 3 heterocycles. The van der Waals surface area contributed by atoms with Crippen LogP contribution in [0.1, 0.15) is 35.3 Å². The number of carbonyl (C=O) groups is 1. The van der Waals surface area contributed by atoms with Gasteiger partial charge in [-0.05, 0) is 68.6 Å². The molecule has 0 bridgehead atoms. The highest BCUT2D eigenvalue weighted by atomic mass is 19.4. The number of anilines is 2. The Labute approximate surface area is 253 Å². The lowest BCUT2D eigenvalue weighted by atomic mass is 10.0. The van der Waals surface area contributed by atoms with Crippen molar-refractivity contribution in [1.29, 1.82) is 0 Å². The van der Waals surface area contributed by atoms with Crippen molar-refractivity contribution in [2.75, 3.05) is 57.5 Å². The van der Waals surface area contributed by atoms with Crippen LogP contribution in [0.5, 0.6) is 5.75 Å². The van der Waals surface area contributed by atoms with Crippen molar-refractivity contribution < 1.29 is 32.2 Å². The van der Waals surface area contributed by atoms with E-state index in [-0.39, 0.29) is 24.2 Å². The van der Waals surface area contributed by atoms with Gasteiger partial charge in [0, 0.05) is 42.8 Å². The minimum atomic E-state index is -4.47. The number of nitrogens with one attached hydrogen (secondary N) is 2. The number of likely N-dealkylation sites (tertiary alicyclic amines) is 2. The summed E-state index contributed by atoms with van der Waals surface area (Å²) >= 11 is 0. The molecule has 8 nitrogen and oxygen atoms in total. The first-order valence-electron chi connectivity index (χ1n) is 14.7. The van der Waals surface area contributed by atoms with Crippen LogP contribution in [0.4, 0.5) is 28.9 Å². The van der Waals surface area contributed by atoms with Gasteiger partial charge in [0.15, 0.2) is 0 Å². The molecule has 2 saturated heterocycles. The number of hydrogen-bond acceptors (Lipinski definition) is 6. The number of amides is 1. The Hall–Kier alpha value is -3.95. The number of halogens is 4. The molecule has 1 amide bonds. The third-order valence-electron chi connectivity index (χ3n) is 8.15. The number of carbonyl (C=O) groups excluding carboxylic acids is 1. The zero-order chi connectivity index (χ0) is 31.4. The normalized spacial score (nSPS) is 19.8. The van der Waals surface area contributed by atoms with Gasteiger partial charge in [0.1, 0.15) is 18.5 Å². The fourth-order valence-corrected chi connectivity index (χ4v) is 5.78. The van der Waals surface area contributed by atoms with Crippen LogP contribution in [0.2, 0.25) is 0 Å². The molecule has 2 atom stereocenters. The number of aliphatic hydroxyl groups excluding tert-OH is 1. The number of alkyl halides is 4. The minimum absolute atomic E-state index is 0.103. The lowest BCUT2D eigenvalue weighted by Crippen LogP contribution is -2.46. The zero-order valence-electron chi connectivity index (χ0n) is 24.8. The quantitative estimate of drug-likeness (QED) is 0.264. The van der Waals surface area contributed by atoms with E-state index in [2.05, 4.69) is 22.5 Å². The van der Waals surface area contributed by atoms with Gasteiger partial charge >= 0.3 is 6.18 Å². The summed E-state index contributed by atoms with van der Waals surface area (Å²) in [6.45, 7) is 0.867. The first-order valence-corrected chi connectivity index (χ1v) is 14.7. The summed E-state index contributed by atoms with van der Waals surface area (Å²) in [7, 11) is 3.34. The molecule has 0 saturated carbocycles. The Morgan fingerprint density at radius 2 is 1.86 bits per heavy atom. The molecule has 1 aromatic heterocycles. The van der Waals surface area contributed by atoms with Gasteiger partial charge in [-0.1, -0.05) is 12.0 Å². The molecule has 2 aromatic carbocycles. The summed E-state index contributed by atoms with van der Waals surface area (Å²) in [6.07, 6.45) is -4.30. The number of fused-ring (bicyclic) bond motifs is 1. The van der Waals surface area contributed by atoms with E-state index in [4.69, 9.17) is 4.74 Å². The summed E-state index contributed by atoms with van der Waals surface area (Å²) in [5.41, 5.74) is 2.15. The molecule has 2 aliphatic heterocycles. The molecule has 3 aromatic rings. The topological polar surface area (TPSA) is 82.0 Å². The molecule has 12 heteroatoms. The molecule has 0 unspecified atom stereocenters. The average Bonchev–Trinajstić information content (AvgIpc) is 3.33. The van der Waals surface area contributed by atoms with E-state index in [0.29, 0.717) is 72.5 Å². The van der Waals surface area contributed by atoms with E-state index in [1.165, 1.54) is 7.11 Å². The van der Waals surface area contributed by atoms with E-state index in [1.54, 1.807) is 47.4 Å². The van der Waals surface area contributed by atoms with Crippen molar-refractivity contribution in [3.05, 3.63) is 53.7 Å². The third kappa shape index (κ3) is 7.39. The maximum absolute atomic E-state index is 14.7. The van der Waals surface area contributed by atoms with Crippen LogP contribution in [-0.4, -0.2) is 96.8 Å². The molecular weight excluding hydrogens is 578 g/mol. The van der Waals surface area contributed by atoms with E-state index in [0.717, 1.165) is 11.1 Å². The van der Waals surface area contributed by atoms with Crippen molar-refractivity contribution in [3.63, 3.8) is 0 Å². The maximum Gasteiger partial charge on any atom is 0.406 e. The Bertz CT molecular complexity index is 1540. The highest BCUT2D eigenvalue weighted by Crippen LogP contribution is 2.32. The van der Waals surface area contributed by atoms with Crippen molar-refractivity contribution in [3.8, 4) is 17.6 Å². The van der Waals surface area contributed by atoms with Crippen LogP contribution < -0.4 is 15.4 Å². The lowest BCUT2D eigenvalue weighted by Gasteiger charge is -2.33. The van der Waals surface area contributed by atoms with Crippen molar-refractivity contribution in [2.24, 2.45) is 0 Å². The summed E-state index contributed by atoms with van der Waals surface area (Å²) in [5, 5.41) is 16.6. The van der Waals surface area contributed by atoms with Gasteiger partial charge in [-0.3, -0.25) is 4.79 Å². The monoisotopic (exact) mass is 615 g/mol. The van der Waals surface area contributed by atoms with Gasteiger partial charge in [-0.15, -0.1) is 0 Å². The largest absolute Gasteiger partial charge is 0.495 e. The number of aromatic nitrogens is 1. The summed E-state index contributed by atoms with van der Waals surface area (Å²) in [4.78, 5) is 16.5. The third-order valence-corrected chi connectivity index (χ3v) is 8.15. The molecule has 3 N–H and O–H groups in total. The number of hydrogen-bond donors (Lipinski definition) is 3. The highest BCUT2D eigenvalue weighted by molar-refractivity contribution is 5.95. The molecule has 0 spiro atoms. The Kier molecular flexibility index (Phi) is 9.56. The zero-order valence-corrected chi connectivity index (χ0v) is 24.8. The minimum Gasteiger partial charge on any atom is -0.495 e. The number of methoxy groups -OCH3 is 1. The second-order valence-electron chi connectivity index (χ2n) is 11.4. The van der Waals surface area contributed by atoms with Gasteiger partial charge in [-0.25, -0.2) is 4.39 Å². The van der Waals surface area contributed by atoms with Gasteiger partial charge < -0.3 is 34.8 Å². The van der Waals surface area contributed by atoms with E-state index in [9.17, 15) is 27.5 Å². The highest BCUT2D eigenvalue weighted by Gasteiger charge is 2.31. The predicted octanol–water partition coefficient (Wildman–Crippen LogP) is 4.73. The number of aliphatic hydroxyl groups is 1. The average molecular weight is 616 g/mol.